The van der Waals surface area contributed by atoms with Crippen molar-refractivity contribution in [3.8, 4) is 0 Å². The fourth-order valence-electron chi connectivity index (χ4n) is 2.69. The Kier molecular flexibility index (Phi) is 4.45. The molecule has 0 bridgehead atoms. The second kappa shape index (κ2) is 6.37. The van der Waals surface area contributed by atoms with Crippen molar-refractivity contribution in [2.45, 2.75) is 37.0 Å². The summed E-state index contributed by atoms with van der Waals surface area (Å²) in [6.07, 6.45) is 2.20. The smallest absolute Gasteiger partial charge is 0.243 e. The summed E-state index contributed by atoms with van der Waals surface area (Å²) >= 11 is 0. The van der Waals surface area contributed by atoms with Gasteiger partial charge < -0.3 is 4.52 Å². The number of nitrogens with zero attached hydrogens (tertiary/aromatic N) is 3. The molecule has 1 aromatic heterocycles. The predicted molar refractivity (Wildman–Crippen MR) is 80.8 cm³/mol. The Hall–Kier alpha value is -1.80. The Balaban J connectivity index is 1.81. The quantitative estimate of drug-likeness (QED) is 0.854. The number of benzene rings is 1. The van der Waals surface area contributed by atoms with Crippen molar-refractivity contribution in [2.75, 3.05) is 13.1 Å². The van der Waals surface area contributed by atoms with E-state index < -0.39 is 15.8 Å². The molecule has 0 unspecified atom stereocenters. The number of aromatic nitrogens is 2. The lowest BCUT2D eigenvalue weighted by Gasteiger charge is -2.30. The lowest BCUT2D eigenvalue weighted by Crippen LogP contribution is -2.39. The number of hydrogen-bond acceptors (Lipinski definition) is 5. The molecule has 6 nitrogen and oxygen atoms in total. The Labute approximate surface area is 134 Å². The van der Waals surface area contributed by atoms with Gasteiger partial charge in [-0.2, -0.15) is 9.29 Å². The second-order valence-electron chi connectivity index (χ2n) is 5.56. The highest BCUT2D eigenvalue weighted by Crippen LogP contribution is 2.29. The third kappa shape index (κ3) is 3.28. The Bertz CT molecular complexity index is 774. The van der Waals surface area contributed by atoms with Crippen LogP contribution in [0.25, 0.3) is 0 Å². The van der Waals surface area contributed by atoms with Gasteiger partial charge >= 0.3 is 0 Å². The van der Waals surface area contributed by atoms with Gasteiger partial charge in [0.1, 0.15) is 5.82 Å². The fraction of sp³-hybridized carbons (Fsp3) is 0.467. The van der Waals surface area contributed by atoms with Gasteiger partial charge in [0.25, 0.3) is 0 Å². The lowest BCUT2D eigenvalue weighted by molar-refractivity contribution is 0.265. The summed E-state index contributed by atoms with van der Waals surface area (Å²) in [4.78, 5) is 4.40. The van der Waals surface area contributed by atoms with Gasteiger partial charge in [0.05, 0.1) is 10.8 Å². The number of halogens is 1. The van der Waals surface area contributed by atoms with Gasteiger partial charge in [0, 0.05) is 19.5 Å². The van der Waals surface area contributed by atoms with Gasteiger partial charge in [-0.05, 0) is 37.1 Å². The molecule has 1 fully saturated rings. The molecule has 2 heterocycles. The summed E-state index contributed by atoms with van der Waals surface area (Å²) in [7, 11) is -3.64. The SMILES string of the molecule is CCc1noc([C@H]2CCCN(S(=O)(=O)c3ccc(F)cc3)C2)n1. The zero-order valence-electron chi connectivity index (χ0n) is 12.8. The summed E-state index contributed by atoms with van der Waals surface area (Å²) < 4.78 is 45.0. The van der Waals surface area contributed by atoms with E-state index >= 15 is 0 Å². The van der Waals surface area contributed by atoms with Crippen LogP contribution in [0, 0.1) is 5.82 Å². The molecule has 1 saturated heterocycles. The molecular weight excluding hydrogens is 321 g/mol. The molecule has 0 radical (unpaired) electrons. The minimum atomic E-state index is -3.64. The maximum absolute atomic E-state index is 13.0. The van der Waals surface area contributed by atoms with E-state index in [2.05, 4.69) is 10.1 Å². The molecule has 0 aliphatic carbocycles. The van der Waals surface area contributed by atoms with Gasteiger partial charge in [-0.1, -0.05) is 12.1 Å². The van der Waals surface area contributed by atoms with Crippen molar-refractivity contribution < 1.29 is 17.3 Å². The molecule has 3 rings (SSSR count). The van der Waals surface area contributed by atoms with Crippen LogP contribution in [0.4, 0.5) is 4.39 Å². The summed E-state index contributed by atoms with van der Waals surface area (Å²) in [5.74, 6) is 0.546. The monoisotopic (exact) mass is 339 g/mol. The number of sulfonamides is 1. The van der Waals surface area contributed by atoms with Crippen molar-refractivity contribution in [3.05, 3.63) is 41.8 Å². The molecule has 1 aliphatic rings. The third-order valence-corrected chi connectivity index (χ3v) is 5.86. The van der Waals surface area contributed by atoms with Crippen molar-refractivity contribution in [1.29, 1.82) is 0 Å². The highest BCUT2D eigenvalue weighted by Gasteiger charge is 2.33. The molecule has 1 aliphatic heterocycles. The standard InChI is InChI=1S/C15H18FN3O3S/c1-2-14-17-15(22-18-14)11-4-3-9-19(10-11)23(20,21)13-7-5-12(16)6-8-13/h5-8,11H,2-4,9-10H2,1H3/t11-/m0/s1. The maximum Gasteiger partial charge on any atom is 0.243 e. The first-order valence-electron chi connectivity index (χ1n) is 7.59. The molecule has 8 heteroatoms. The van der Waals surface area contributed by atoms with Crippen LogP contribution in [0.5, 0.6) is 0 Å². The molecule has 0 amide bonds. The fourth-order valence-corrected chi connectivity index (χ4v) is 4.22. The van der Waals surface area contributed by atoms with E-state index in [0.717, 1.165) is 25.0 Å². The van der Waals surface area contributed by atoms with Crippen molar-refractivity contribution in [2.24, 2.45) is 0 Å². The minimum Gasteiger partial charge on any atom is -0.339 e. The summed E-state index contributed by atoms with van der Waals surface area (Å²) in [5, 5.41) is 3.87. The number of rotatable bonds is 4. The number of aryl methyl sites for hydroxylation is 1. The van der Waals surface area contributed by atoms with Crippen LogP contribution >= 0.6 is 0 Å². The lowest BCUT2D eigenvalue weighted by atomic mass is 10.00. The van der Waals surface area contributed by atoms with Crippen LogP contribution in [-0.4, -0.2) is 36.0 Å². The first-order valence-corrected chi connectivity index (χ1v) is 9.03. The highest BCUT2D eigenvalue weighted by atomic mass is 32.2. The van der Waals surface area contributed by atoms with E-state index in [1.165, 1.54) is 16.4 Å². The van der Waals surface area contributed by atoms with Crippen LogP contribution in [0.2, 0.25) is 0 Å². The molecule has 1 atom stereocenters. The van der Waals surface area contributed by atoms with E-state index in [-0.39, 0.29) is 10.8 Å². The Morgan fingerprint density at radius 2 is 2.09 bits per heavy atom. The summed E-state index contributed by atoms with van der Waals surface area (Å²) in [5.41, 5.74) is 0. The largest absolute Gasteiger partial charge is 0.339 e. The van der Waals surface area contributed by atoms with Crippen LogP contribution in [0.1, 0.15) is 37.4 Å². The first-order chi connectivity index (χ1) is 11.0. The first kappa shape index (κ1) is 16.1. The van der Waals surface area contributed by atoms with Crippen molar-refractivity contribution in [3.63, 3.8) is 0 Å². The maximum atomic E-state index is 13.0. The molecule has 124 valence electrons. The van der Waals surface area contributed by atoms with Gasteiger partial charge in [-0.25, -0.2) is 12.8 Å². The summed E-state index contributed by atoms with van der Waals surface area (Å²) in [6.45, 7) is 2.66. The van der Waals surface area contributed by atoms with E-state index in [4.69, 9.17) is 4.52 Å². The van der Waals surface area contributed by atoms with Gasteiger partial charge in [0.15, 0.2) is 5.82 Å². The normalized spacial score (nSPS) is 19.8. The van der Waals surface area contributed by atoms with Gasteiger partial charge in [-0.3, -0.25) is 0 Å². The average molecular weight is 339 g/mol. The van der Waals surface area contributed by atoms with Crippen molar-refractivity contribution in [1.82, 2.24) is 14.4 Å². The molecule has 0 saturated carbocycles. The summed E-state index contributed by atoms with van der Waals surface area (Å²) in [6, 6.07) is 4.88. The zero-order chi connectivity index (χ0) is 16.4. The van der Waals surface area contributed by atoms with Crippen LogP contribution in [0.15, 0.2) is 33.7 Å². The minimum absolute atomic E-state index is 0.0966. The van der Waals surface area contributed by atoms with E-state index in [1.54, 1.807) is 0 Å². The van der Waals surface area contributed by atoms with E-state index in [0.29, 0.717) is 31.2 Å². The third-order valence-electron chi connectivity index (χ3n) is 3.98. The molecule has 23 heavy (non-hydrogen) atoms. The van der Waals surface area contributed by atoms with Gasteiger partial charge in [-0.15, -0.1) is 0 Å². The average Bonchev–Trinajstić information content (AvgIpc) is 3.04. The Morgan fingerprint density at radius 1 is 1.35 bits per heavy atom. The topological polar surface area (TPSA) is 76.3 Å². The molecule has 0 N–H and O–H groups in total. The highest BCUT2D eigenvalue weighted by molar-refractivity contribution is 7.89. The van der Waals surface area contributed by atoms with Gasteiger partial charge in [0.2, 0.25) is 15.9 Å². The van der Waals surface area contributed by atoms with Crippen LogP contribution in [-0.2, 0) is 16.4 Å². The number of hydrogen-bond donors (Lipinski definition) is 0. The molecular formula is C15H18FN3O3S. The van der Waals surface area contributed by atoms with E-state index in [1.807, 2.05) is 6.92 Å². The number of piperidine rings is 1. The molecule has 0 spiro atoms. The second-order valence-corrected chi connectivity index (χ2v) is 7.50. The van der Waals surface area contributed by atoms with E-state index in [9.17, 15) is 12.8 Å². The van der Waals surface area contributed by atoms with Crippen molar-refractivity contribution >= 4 is 10.0 Å². The predicted octanol–water partition coefficient (Wildman–Crippen LogP) is 2.34. The van der Waals surface area contributed by atoms with Crippen LogP contribution < -0.4 is 0 Å². The molecule has 1 aromatic carbocycles. The van der Waals surface area contributed by atoms with Crippen LogP contribution in [0.3, 0.4) is 0 Å². The Morgan fingerprint density at radius 3 is 2.74 bits per heavy atom. The molecule has 2 aromatic rings. The zero-order valence-corrected chi connectivity index (χ0v) is 13.6.